The molecule has 3 aliphatic heterocycles. The van der Waals surface area contributed by atoms with Crippen LogP contribution in [0.5, 0.6) is 5.75 Å². The Morgan fingerprint density at radius 3 is 2.69 bits per heavy atom. The number of aromatic nitrogens is 3. The van der Waals surface area contributed by atoms with Gasteiger partial charge in [0, 0.05) is 74.5 Å². The quantitative estimate of drug-likeness (QED) is 0.291. The smallest absolute Gasteiger partial charge is 0.298 e. The zero-order chi connectivity index (χ0) is 29.0. The Hall–Kier alpha value is -4.70. The average Bonchev–Trinajstić information content (AvgIpc) is 3.53. The van der Waals surface area contributed by atoms with Crippen molar-refractivity contribution in [3.8, 4) is 16.9 Å². The van der Waals surface area contributed by atoms with Gasteiger partial charge in [0.1, 0.15) is 18.1 Å². The third-order valence-corrected chi connectivity index (χ3v) is 8.50. The Morgan fingerprint density at radius 1 is 1.02 bits per heavy atom. The molecule has 1 atom stereocenters. The Kier molecular flexibility index (Phi) is 6.42. The molecule has 4 aromatic rings. The van der Waals surface area contributed by atoms with E-state index in [0.717, 1.165) is 66.9 Å². The van der Waals surface area contributed by atoms with Crippen molar-refractivity contribution >= 4 is 29.0 Å². The molecule has 0 saturated carbocycles. The number of aryl methyl sites for hydroxylation is 1. The fourth-order valence-corrected chi connectivity index (χ4v) is 6.22. The van der Waals surface area contributed by atoms with Crippen LogP contribution in [0.2, 0.25) is 0 Å². The molecule has 1 saturated heterocycles. The van der Waals surface area contributed by atoms with E-state index in [9.17, 15) is 9.59 Å². The zero-order valence-electron chi connectivity index (χ0n) is 24.0. The van der Waals surface area contributed by atoms with E-state index in [-0.39, 0.29) is 6.04 Å². The number of piperazine rings is 1. The third kappa shape index (κ3) is 4.57. The first-order valence-corrected chi connectivity index (χ1v) is 14.2. The van der Waals surface area contributed by atoms with Crippen molar-refractivity contribution in [2.75, 3.05) is 48.4 Å². The van der Waals surface area contributed by atoms with Crippen LogP contribution in [-0.4, -0.2) is 70.5 Å². The molecule has 0 radical (unpaired) electrons. The van der Waals surface area contributed by atoms with Gasteiger partial charge in [-0.2, -0.15) is 0 Å². The molecule has 1 amide bonds. The number of hydrogen-bond acceptors (Lipinski definition) is 8. The fraction of sp³-hybridized carbons (Fsp3) is 0.312. The van der Waals surface area contributed by atoms with Crippen LogP contribution in [0.3, 0.4) is 0 Å². The number of Topliss-reactive ketones (excluding diaryl/α,β-unsaturated/α-hetero) is 1. The Balaban J connectivity index is 1.05. The van der Waals surface area contributed by atoms with Gasteiger partial charge in [0.15, 0.2) is 0 Å². The van der Waals surface area contributed by atoms with Gasteiger partial charge in [-0.05, 0) is 37.7 Å². The summed E-state index contributed by atoms with van der Waals surface area (Å²) >= 11 is 0. The molecule has 3 aliphatic rings. The second-order valence-corrected chi connectivity index (χ2v) is 11.4. The molecule has 2 aromatic carbocycles. The molecule has 0 spiro atoms. The lowest BCUT2D eigenvalue weighted by Gasteiger charge is -2.45. The van der Waals surface area contributed by atoms with Gasteiger partial charge < -0.3 is 24.4 Å². The highest BCUT2D eigenvalue weighted by Gasteiger charge is 2.35. The van der Waals surface area contributed by atoms with E-state index >= 15 is 0 Å². The number of benzene rings is 2. The van der Waals surface area contributed by atoms with Crippen molar-refractivity contribution in [2.24, 2.45) is 7.05 Å². The Bertz CT molecular complexity index is 1700. The van der Waals surface area contributed by atoms with Crippen molar-refractivity contribution in [3.63, 3.8) is 0 Å². The van der Waals surface area contributed by atoms with E-state index in [1.807, 2.05) is 61.7 Å². The van der Waals surface area contributed by atoms with E-state index in [0.29, 0.717) is 23.7 Å². The molecule has 214 valence electrons. The zero-order valence-corrected chi connectivity index (χ0v) is 24.0. The maximum atomic E-state index is 13.4. The lowest BCUT2D eigenvalue weighted by molar-refractivity contribution is -0.112. The van der Waals surface area contributed by atoms with Crippen molar-refractivity contribution in [2.45, 2.75) is 26.1 Å². The van der Waals surface area contributed by atoms with E-state index < -0.39 is 11.7 Å². The Labute approximate surface area is 244 Å². The molecule has 1 unspecified atom stereocenters. The molecule has 10 nitrogen and oxygen atoms in total. The molecule has 10 heteroatoms. The molecule has 42 heavy (non-hydrogen) atoms. The number of carbonyl (C=O) groups is 2. The molecule has 2 aromatic heterocycles. The summed E-state index contributed by atoms with van der Waals surface area (Å²) in [5.41, 5.74) is 6.72. The largest absolute Gasteiger partial charge is 0.489 e. The number of hydrogen-bond donors (Lipinski definition) is 1. The molecular weight excluding hydrogens is 530 g/mol. The van der Waals surface area contributed by atoms with E-state index in [1.54, 1.807) is 17.7 Å². The SMILES string of the molecule is Cc1cc(-c2ccccc2)c(C(=O)C(=O)Nc2ccc3c(c2)OCC2CN(c4ncc5c(n4)CN(C)C5)CCN32)n1C. The maximum Gasteiger partial charge on any atom is 0.298 e. The molecule has 1 fully saturated rings. The van der Waals surface area contributed by atoms with Crippen LogP contribution in [0, 0.1) is 6.92 Å². The molecule has 0 bridgehead atoms. The normalized spacial score (nSPS) is 17.7. The minimum absolute atomic E-state index is 0.157. The van der Waals surface area contributed by atoms with Crippen molar-refractivity contribution in [3.05, 3.63) is 83.4 Å². The van der Waals surface area contributed by atoms with Gasteiger partial charge >= 0.3 is 0 Å². The number of ether oxygens (including phenoxy) is 1. The molecular formula is C32H33N7O3. The summed E-state index contributed by atoms with van der Waals surface area (Å²) in [7, 11) is 3.90. The molecule has 7 rings (SSSR count). The summed E-state index contributed by atoms with van der Waals surface area (Å²) in [6.45, 7) is 6.56. The highest BCUT2D eigenvalue weighted by molar-refractivity contribution is 6.47. The van der Waals surface area contributed by atoms with Crippen LogP contribution in [0.1, 0.15) is 27.4 Å². The summed E-state index contributed by atoms with van der Waals surface area (Å²) < 4.78 is 7.95. The first-order chi connectivity index (χ1) is 20.4. The van der Waals surface area contributed by atoms with Gasteiger partial charge in [-0.1, -0.05) is 30.3 Å². The number of anilines is 3. The van der Waals surface area contributed by atoms with Gasteiger partial charge in [-0.3, -0.25) is 14.5 Å². The monoisotopic (exact) mass is 563 g/mol. The number of nitrogens with zero attached hydrogens (tertiary/aromatic N) is 6. The third-order valence-electron chi connectivity index (χ3n) is 8.50. The first kappa shape index (κ1) is 26.2. The lowest BCUT2D eigenvalue weighted by Crippen LogP contribution is -2.57. The van der Waals surface area contributed by atoms with Crippen LogP contribution in [-0.2, 0) is 24.9 Å². The summed E-state index contributed by atoms with van der Waals surface area (Å²) in [6, 6.07) is 17.3. The number of amides is 1. The standard InChI is InChI=1S/C32H33N7O3/c1-20-13-25(21-7-5-4-6-8-21)29(37(20)3)30(40)31(41)34-23-9-10-27-28(14-23)42-19-24-17-38(11-12-39(24)27)32-33-15-22-16-36(2)18-26(22)35-32/h4-10,13-15,24H,11-12,16-19H2,1-3H3,(H,34,41). The van der Waals surface area contributed by atoms with Crippen LogP contribution < -0.4 is 19.9 Å². The van der Waals surface area contributed by atoms with Gasteiger partial charge in [-0.15, -0.1) is 0 Å². The van der Waals surface area contributed by atoms with Crippen LogP contribution >= 0.6 is 0 Å². The van der Waals surface area contributed by atoms with Gasteiger partial charge in [0.05, 0.1) is 17.4 Å². The van der Waals surface area contributed by atoms with Crippen molar-refractivity contribution in [1.82, 2.24) is 19.4 Å². The van der Waals surface area contributed by atoms with E-state index in [1.165, 1.54) is 5.56 Å². The maximum absolute atomic E-state index is 13.4. The first-order valence-electron chi connectivity index (χ1n) is 14.2. The predicted octanol–water partition coefficient (Wildman–Crippen LogP) is 3.64. The highest BCUT2D eigenvalue weighted by Crippen LogP contribution is 2.38. The van der Waals surface area contributed by atoms with Crippen molar-refractivity contribution in [1.29, 1.82) is 0 Å². The van der Waals surface area contributed by atoms with Gasteiger partial charge in [-0.25, -0.2) is 9.97 Å². The minimum atomic E-state index is -0.684. The lowest BCUT2D eigenvalue weighted by atomic mass is 10.0. The number of carbonyl (C=O) groups excluding carboxylic acids is 2. The molecule has 0 aliphatic carbocycles. The molecule has 5 heterocycles. The highest BCUT2D eigenvalue weighted by atomic mass is 16.5. The van der Waals surface area contributed by atoms with Gasteiger partial charge in [0.2, 0.25) is 5.95 Å². The van der Waals surface area contributed by atoms with E-state index in [4.69, 9.17) is 9.72 Å². The Morgan fingerprint density at radius 2 is 1.86 bits per heavy atom. The predicted molar refractivity (Wildman–Crippen MR) is 161 cm³/mol. The molecule has 1 N–H and O–H groups in total. The number of nitrogens with one attached hydrogen (secondary N) is 1. The topological polar surface area (TPSA) is 95.8 Å². The summed E-state index contributed by atoms with van der Waals surface area (Å²) in [6.07, 6.45) is 1.96. The van der Waals surface area contributed by atoms with Crippen LogP contribution in [0.15, 0.2) is 60.8 Å². The second-order valence-electron chi connectivity index (χ2n) is 11.4. The van der Waals surface area contributed by atoms with Gasteiger partial charge in [0.25, 0.3) is 11.7 Å². The van der Waals surface area contributed by atoms with Crippen molar-refractivity contribution < 1.29 is 14.3 Å². The summed E-state index contributed by atoms with van der Waals surface area (Å²) in [4.78, 5) is 42.9. The summed E-state index contributed by atoms with van der Waals surface area (Å²) in [5, 5.41) is 2.80. The van der Waals surface area contributed by atoms with Crippen LogP contribution in [0.4, 0.5) is 17.3 Å². The number of fused-ring (bicyclic) bond motifs is 4. The second kappa shape index (κ2) is 10.3. The number of rotatable bonds is 5. The van der Waals surface area contributed by atoms with Crippen LogP contribution in [0.25, 0.3) is 11.1 Å². The minimum Gasteiger partial charge on any atom is -0.489 e. The number of ketones is 1. The fourth-order valence-electron chi connectivity index (χ4n) is 6.22. The van der Waals surface area contributed by atoms with E-state index in [2.05, 4.69) is 32.0 Å². The average molecular weight is 564 g/mol. The summed E-state index contributed by atoms with van der Waals surface area (Å²) in [5.74, 6) is 0.207.